The largest absolute Gasteiger partial charge is 0.326 e. The normalized spacial score (nSPS) is 11.3. The van der Waals surface area contributed by atoms with Gasteiger partial charge in [-0.1, -0.05) is 104 Å². The van der Waals surface area contributed by atoms with Gasteiger partial charge in [-0.2, -0.15) is 9.67 Å². The van der Waals surface area contributed by atoms with E-state index in [0.29, 0.717) is 12.2 Å². The summed E-state index contributed by atoms with van der Waals surface area (Å²) in [5.41, 5.74) is 2.97. The van der Waals surface area contributed by atoms with Crippen LogP contribution >= 0.6 is 0 Å². The van der Waals surface area contributed by atoms with Gasteiger partial charge >= 0.3 is 6.03 Å². The number of urea groups is 1. The molecule has 0 aliphatic heterocycles. The number of hydrogen-bond acceptors (Lipinski definition) is 4. The number of aromatic nitrogens is 3. The molecule has 0 bridgehead atoms. The highest BCUT2D eigenvalue weighted by atomic mass is 16.2. The lowest BCUT2D eigenvalue weighted by molar-refractivity contribution is 0.0923. The molecule has 0 unspecified atom stereocenters. The van der Waals surface area contributed by atoms with Crippen molar-refractivity contribution in [3.63, 3.8) is 0 Å². The third kappa shape index (κ3) is 9.11. The fourth-order valence-electron chi connectivity index (χ4n) is 4.30. The number of nitrogens with one attached hydrogen (secondary N) is 2. The number of amides is 2. The lowest BCUT2D eigenvalue weighted by Gasteiger charge is -2.20. The standard InChI is InChI=1S/C28H45N5O2/c1-7-8-9-10-11-12-13-14-15-19-25-29-27(33(32-25)22(6)34)31-28(35)30-26-23(20(2)3)17-16-18-24(26)21(4)5/h16-18,20-21H,7-15,19H2,1-6H3,(H2,29,30,31,32,35). The quantitative estimate of drug-likeness (QED) is 0.267. The van der Waals surface area contributed by atoms with E-state index in [-0.39, 0.29) is 23.7 Å². The van der Waals surface area contributed by atoms with Gasteiger partial charge in [-0.15, -0.1) is 5.10 Å². The average Bonchev–Trinajstić information content (AvgIpc) is 3.20. The molecule has 7 heteroatoms. The molecule has 194 valence electrons. The summed E-state index contributed by atoms with van der Waals surface area (Å²) < 4.78 is 1.18. The fraction of sp³-hybridized carbons (Fsp3) is 0.643. The van der Waals surface area contributed by atoms with Gasteiger partial charge in [-0.3, -0.25) is 10.1 Å². The summed E-state index contributed by atoms with van der Waals surface area (Å²) in [7, 11) is 0. The second kappa shape index (κ2) is 14.6. The maximum absolute atomic E-state index is 12.9. The average molecular weight is 484 g/mol. The molecule has 0 aliphatic rings. The first-order valence-corrected chi connectivity index (χ1v) is 13.4. The van der Waals surface area contributed by atoms with Crippen LogP contribution in [0.4, 0.5) is 16.4 Å². The molecule has 0 spiro atoms. The highest BCUT2D eigenvalue weighted by molar-refractivity contribution is 6.00. The highest BCUT2D eigenvalue weighted by Crippen LogP contribution is 2.32. The van der Waals surface area contributed by atoms with Gasteiger partial charge in [0.05, 0.1) is 0 Å². The summed E-state index contributed by atoms with van der Waals surface area (Å²) in [5.74, 6) is 0.982. The van der Waals surface area contributed by atoms with Crippen LogP contribution in [0, 0.1) is 0 Å². The Morgan fingerprint density at radius 1 is 0.857 bits per heavy atom. The zero-order valence-corrected chi connectivity index (χ0v) is 22.6. The monoisotopic (exact) mass is 483 g/mol. The Kier molecular flexibility index (Phi) is 11.9. The molecule has 2 aromatic rings. The third-order valence-corrected chi connectivity index (χ3v) is 6.29. The number of benzene rings is 1. The number of unbranched alkanes of at least 4 members (excludes halogenated alkanes) is 8. The van der Waals surface area contributed by atoms with E-state index >= 15 is 0 Å². The van der Waals surface area contributed by atoms with E-state index in [4.69, 9.17) is 0 Å². The predicted molar refractivity (Wildman–Crippen MR) is 145 cm³/mol. The minimum atomic E-state index is -0.426. The van der Waals surface area contributed by atoms with Crippen LogP contribution in [0.5, 0.6) is 0 Å². The van der Waals surface area contributed by atoms with Crippen LogP contribution < -0.4 is 10.6 Å². The number of carbonyl (C=O) groups is 2. The van der Waals surface area contributed by atoms with Gasteiger partial charge in [0.2, 0.25) is 11.9 Å². The summed E-state index contributed by atoms with van der Waals surface area (Å²) in [5, 5.41) is 10.1. The zero-order valence-electron chi connectivity index (χ0n) is 22.6. The number of hydrogen-bond donors (Lipinski definition) is 2. The van der Waals surface area contributed by atoms with Gasteiger partial charge in [-0.05, 0) is 29.4 Å². The number of carbonyl (C=O) groups excluding carboxylic acids is 2. The van der Waals surface area contributed by atoms with Crippen molar-refractivity contribution in [2.75, 3.05) is 10.6 Å². The molecule has 1 aromatic carbocycles. The summed E-state index contributed by atoms with van der Waals surface area (Å²) >= 11 is 0. The van der Waals surface area contributed by atoms with Crippen molar-refractivity contribution in [3.05, 3.63) is 35.2 Å². The van der Waals surface area contributed by atoms with E-state index in [1.807, 2.05) is 18.2 Å². The van der Waals surface area contributed by atoms with Crippen LogP contribution in [0.25, 0.3) is 0 Å². The third-order valence-electron chi connectivity index (χ3n) is 6.29. The summed E-state index contributed by atoms with van der Waals surface area (Å²) in [4.78, 5) is 29.5. The first-order valence-electron chi connectivity index (χ1n) is 13.4. The Hall–Kier alpha value is -2.70. The molecule has 2 N–H and O–H groups in total. The minimum Gasteiger partial charge on any atom is -0.307 e. The van der Waals surface area contributed by atoms with Gasteiger partial charge < -0.3 is 5.32 Å². The van der Waals surface area contributed by atoms with Gasteiger partial charge in [0.15, 0.2) is 5.82 Å². The lowest BCUT2D eigenvalue weighted by atomic mass is 9.93. The maximum Gasteiger partial charge on any atom is 0.326 e. The smallest absolute Gasteiger partial charge is 0.307 e. The van der Waals surface area contributed by atoms with Gasteiger partial charge in [-0.25, -0.2) is 4.79 Å². The van der Waals surface area contributed by atoms with Crippen LogP contribution in [-0.4, -0.2) is 26.7 Å². The molecular weight excluding hydrogens is 438 g/mol. The van der Waals surface area contributed by atoms with E-state index in [1.165, 1.54) is 56.6 Å². The van der Waals surface area contributed by atoms with Gasteiger partial charge in [0.25, 0.3) is 0 Å². The molecule has 0 atom stereocenters. The van der Waals surface area contributed by atoms with Crippen molar-refractivity contribution < 1.29 is 9.59 Å². The molecule has 1 aromatic heterocycles. The molecular formula is C28H45N5O2. The Balaban J connectivity index is 1.97. The minimum absolute atomic E-state index is 0.161. The van der Waals surface area contributed by atoms with E-state index in [1.54, 1.807) is 0 Å². The molecule has 0 radical (unpaired) electrons. The lowest BCUT2D eigenvalue weighted by Crippen LogP contribution is -2.25. The first-order chi connectivity index (χ1) is 16.7. The molecule has 1 heterocycles. The molecule has 2 amide bonds. The van der Waals surface area contributed by atoms with E-state index in [2.05, 4.69) is 55.3 Å². The van der Waals surface area contributed by atoms with Crippen LogP contribution in [0.1, 0.15) is 133 Å². The van der Waals surface area contributed by atoms with E-state index < -0.39 is 6.03 Å². The Morgan fingerprint density at radius 3 is 1.91 bits per heavy atom. The van der Waals surface area contributed by atoms with Crippen LogP contribution in [0.2, 0.25) is 0 Å². The van der Waals surface area contributed by atoms with Crippen molar-refractivity contribution in [1.29, 1.82) is 0 Å². The second-order valence-electron chi connectivity index (χ2n) is 10.1. The summed E-state index contributed by atoms with van der Waals surface area (Å²) in [6, 6.07) is 5.67. The number of anilines is 2. The number of rotatable bonds is 14. The Morgan fingerprint density at radius 2 is 1.40 bits per heavy atom. The Bertz CT molecular complexity index is 923. The fourth-order valence-corrected chi connectivity index (χ4v) is 4.30. The predicted octanol–water partition coefficient (Wildman–Crippen LogP) is 7.90. The van der Waals surface area contributed by atoms with Crippen LogP contribution in [0.3, 0.4) is 0 Å². The topological polar surface area (TPSA) is 88.9 Å². The number of nitrogens with zero attached hydrogens (tertiary/aromatic N) is 3. The SMILES string of the molecule is CCCCCCCCCCCc1nc(NC(=O)Nc2c(C(C)C)cccc2C(C)C)n(C(C)=O)n1. The first kappa shape index (κ1) is 28.5. The van der Waals surface area contributed by atoms with Crippen molar-refractivity contribution in [2.45, 2.75) is 118 Å². The van der Waals surface area contributed by atoms with Gasteiger partial charge in [0, 0.05) is 19.0 Å². The molecule has 2 rings (SSSR count). The molecule has 7 nitrogen and oxygen atoms in total. The maximum atomic E-state index is 12.9. The van der Waals surface area contributed by atoms with Crippen molar-refractivity contribution in [2.24, 2.45) is 0 Å². The van der Waals surface area contributed by atoms with Gasteiger partial charge in [0.1, 0.15) is 0 Å². The highest BCUT2D eigenvalue weighted by Gasteiger charge is 2.19. The molecule has 0 aliphatic carbocycles. The van der Waals surface area contributed by atoms with E-state index in [9.17, 15) is 9.59 Å². The molecule has 0 saturated heterocycles. The van der Waals surface area contributed by atoms with Crippen molar-refractivity contribution in [3.8, 4) is 0 Å². The zero-order chi connectivity index (χ0) is 25.8. The Labute approximate surface area is 211 Å². The number of aryl methyl sites for hydroxylation is 1. The summed E-state index contributed by atoms with van der Waals surface area (Å²) in [6.07, 6.45) is 11.9. The van der Waals surface area contributed by atoms with Crippen LogP contribution in [-0.2, 0) is 6.42 Å². The summed E-state index contributed by atoms with van der Waals surface area (Å²) in [6.45, 7) is 12.1. The molecule has 0 saturated carbocycles. The number of para-hydroxylation sites is 1. The second-order valence-corrected chi connectivity index (χ2v) is 10.1. The van der Waals surface area contributed by atoms with Crippen molar-refractivity contribution in [1.82, 2.24) is 14.8 Å². The van der Waals surface area contributed by atoms with E-state index in [0.717, 1.165) is 29.7 Å². The molecule has 35 heavy (non-hydrogen) atoms. The molecule has 0 fully saturated rings. The van der Waals surface area contributed by atoms with Crippen molar-refractivity contribution >= 4 is 23.6 Å². The van der Waals surface area contributed by atoms with Crippen LogP contribution in [0.15, 0.2) is 18.2 Å².